The van der Waals surface area contributed by atoms with E-state index in [0.717, 1.165) is 38.8 Å². The van der Waals surface area contributed by atoms with Crippen LogP contribution in [0.15, 0.2) is 0 Å². The van der Waals surface area contributed by atoms with Gasteiger partial charge in [-0.2, -0.15) is 0 Å². The predicted molar refractivity (Wildman–Crippen MR) is 125 cm³/mol. The first kappa shape index (κ1) is 27.3. The number of carbonyl (C=O) groups excluding carboxylic acids is 1. The summed E-state index contributed by atoms with van der Waals surface area (Å²) >= 11 is 0. The summed E-state index contributed by atoms with van der Waals surface area (Å²) in [7, 11) is -1.23. The Morgan fingerprint density at radius 2 is 1.90 bits per heavy atom. The second kappa shape index (κ2) is 15.1. The molecule has 1 heterocycles. The normalized spacial score (nSPS) is 20.7. The molecule has 0 bridgehead atoms. The first-order valence-corrected chi connectivity index (χ1v) is 13.0. The fourth-order valence-electron chi connectivity index (χ4n) is 4.03. The lowest BCUT2D eigenvalue weighted by atomic mass is 9.92. The fraction of sp³-hybridized carbons (Fsp3) is 0.913. The predicted octanol–water partition coefficient (Wildman–Crippen LogP) is 5.88. The van der Waals surface area contributed by atoms with E-state index in [2.05, 4.69) is 51.1 Å². The minimum Gasteiger partial charge on any atom is -0.342 e. The molecule has 0 N–H and O–H groups in total. The van der Waals surface area contributed by atoms with E-state index in [1.807, 2.05) is 4.90 Å². The van der Waals surface area contributed by atoms with Crippen molar-refractivity contribution in [3.8, 4) is 0 Å². The second-order valence-electron chi connectivity index (χ2n) is 8.77. The van der Waals surface area contributed by atoms with Gasteiger partial charge in [-0.15, -0.1) is 0 Å². The summed E-state index contributed by atoms with van der Waals surface area (Å²) in [5.41, 5.74) is 0. The molecule has 1 fully saturated rings. The molecule has 7 heteroatoms. The van der Waals surface area contributed by atoms with Crippen molar-refractivity contribution < 1.29 is 13.8 Å². The van der Waals surface area contributed by atoms with Gasteiger partial charge in [0.2, 0.25) is 12.5 Å². The van der Waals surface area contributed by atoms with Gasteiger partial charge in [0.1, 0.15) is 6.61 Å². The van der Waals surface area contributed by atoms with Crippen LogP contribution in [0.1, 0.15) is 86.5 Å². The lowest BCUT2D eigenvalue weighted by Crippen LogP contribution is -2.47. The van der Waals surface area contributed by atoms with E-state index in [9.17, 15) is 4.79 Å². The standard InChI is InChI=1S/C23H44N3O3P/c1-8-10-11-12-13-23(27)25-16-14-22(21(9-2)18-25)29-30(28-17-15-24-7)26(19(3)4)20(5)6/h19-22H,8-18H2,1-6H3/t21-,22+,30?/m1/s1. The molecule has 6 nitrogen and oxygen atoms in total. The van der Waals surface area contributed by atoms with Crippen molar-refractivity contribution >= 4 is 14.4 Å². The van der Waals surface area contributed by atoms with Gasteiger partial charge in [0.05, 0.1) is 6.10 Å². The Morgan fingerprint density at radius 3 is 2.47 bits per heavy atom. The van der Waals surface area contributed by atoms with Gasteiger partial charge in [-0.25, -0.2) is 11.2 Å². The van der Waals surface area contributed by atoms with Crippen LogP contribution >= 0.6 is 8.53 Å². The number of piperidine rings is 1. The maximum Gasteiger partial charge on any atom is 0.259 e. The van der Waals surface area contributed by atoms with Crippen molar-refractivity contribution in [1.82, 2.24) is 9.57 Å². The van der Waals surface area contributed by atoms with Gasteiger partial charge < -0.3 is 18.8 Å². The molecule has 1 amide bonds. The molecule has 0 radical (unpaired) electrons. The van der Waals surface area contributed by atoms with Crippen LogP contribution in [-0.2, 0) is 13.8 Å². The third-order valence-corrected chi connectivity index (χ3v) is 7.82. The Hall–Kier alpha value is -0.730. The Balaban J connectivity index is 2.73. The van der Waals surface area contributed by atoms with Gasteiger partial charge in [0, 0.05) is 37.5 Å². The number of unbranched alkanes of at least 4 members (excludes halogenated alkanes) is 3. The molecule has 1 aliphatic heterocycles. The van der Waals surface area contributed by atoms with Crippen molar-refractivity contribution in [3.63, 3.8) is 0 Å². The van der Waals surface area contributed by atoms with Crippen LogP contribution in [0, 0.1) is 12.5 Å². The summed E-state index contributed by atoms with van der Waals surface area (Å²) in [6.07, 6.45) is 7.15. The molecule has 0 spiro atoms. The van der Waals surface area contributed by atoms with Crippen molar-refractivity contribution in [2.45, 2.75) is 105 Å². The zero-order valence-electron chi connectivity index (χ0n) is 20.1. The van der Waals surface area contributed by atoms with E-state index in [1.165, 1.54) is 12.8 Å². The zero-order valence-corrected chi connectivity index (χ0v) is 21.0. The number of amides is 1. The highest BCUT2D eigenvalue weighted by molar-refractivity contribution is 7.44. The third kappa shape index (κ3) is 9.18. The SMILES string of the molecule is [C-]#[N+]CCOP(O[C@H]1CCN(C(=O)CCCCCC)C[C@H]1CC)N(C(C)C)C(C)C. The fourth-order valence-corrected chi connectivity index (χ4v) is 5.84. The number of rotatable bonds is 14. The molecule has 1 saturated heterocycles. The van der Waals surface area contributed by atoms with Crippen molar-refractivity contribution in [3.05, 3.63) is 11.4 Å². The number of hydrogen-bond donors (Lipinski definition) is 0. The molecule has 0 aromatic rings. The van der Waals surface area contributed by atoms with Crippen LogP contribution in [0.3, 0.4) is 0 Å². The summed E-state index contributed by atoms with van der Waals surface area (Å²) in [6, 6.07) is 0.600. The molecule has 174 valence electrons. The first-order valence-electron chi connectivity index (χ1n) is 11.8. The monoisotopic (exact) mass is 441 g/mol. The molecule has 1 unspecified atom stereocenters. The van der Waals surface area contributed by atoms with E-state index in [1.54, 1.807) is 0 Å². The smallest absolute Gasteiger partial charge is 0.259 e. The molecule has 1 aliphatic rings. The Kier molecular flexibility index (Phi) is 13.8. The second-order valence-corrected chi connectivity index (χ2v) is 10.2. The van der Waals surface area contributed by atoms with Gasteiger partial charge in [0.15, 0.2) is 0 Å². The Morgan fingerprint density at radius 1 is 1.20 bits per heavy atom. The van der Waals surface area contributed by atoms with Crippen LogP contribution < -0.4 is 0 Å². The van der Waals surface area contributed by atoms with Crippen LogP contribution in [-0.4, -0.2) is 59.9 Å². The maximum absolute atomic E-state index is 12.6. The van der Waals surface area contributed by atoms with Gasteiger partial charge in [0.25, 0.3) is 8.53 Å². The first-order chi connectivity index (χ1) is 14.3. The maximum atomic E-state index is 12.6. The minimum atomic E-state index is -1.23. The Labute approximate surface area is 186 Å². The van der Waals surface area contributed by atoms with Crippen molar-refractivity contribution in [1.29, 1.82) is 0 Å². The Bertz CT molecular complexity index is 516. The highest BCUT2D eigenvalue weighted by atomic mass is 31.2. The van der Waals surface area contributed by atoms with E-state index < -0.39 is 8.53 Å². The van der Waals surface area contributed by atoms with E-state index in [0.29, 0.717) is 43.5 Å². The van der Waals surface area contributed by atoms with E-state index in [4.69, 9.17) is 15.6 Å². The molecular weight excluding hydrogens is 397 g/mol. The molecule has 0 aromatic carbocycles. The summed E-state index contributed by atoms with van der Waals surface area (Å²) in [6.45, 7) is 22.4. The van der Waals surface area contributed by atoms with Crippen LogP contribution in [0.25, 0.3) is 4.85 Å². The molecule has 3 atom stereocenters. The molecule has 0 aliphatic carbocycles. The van der Waals surface area contributed by atoms with Crippen LogP contribution in [0.4, 0.5) is 0 Å². The average Bonchev–Trinajstić information content (AvgIpc) is 2.70. The summed E-state index contributed by atoms with van der Waals surface area (Å²) in [5.74, 6) is 0.624. The molecular formula is C23H44N3O3P. The molecule has 0 aromatic heterocycles. The summed E-state index contributed by atoms with van der Waals surface area (Å²) in [4.78, 5) is 18.1. The van der Waals surface area contributed by atoms with Gasteiger partial charge >= 0.3 is 0 Å². The lowest BCUT2D eigenvalue weighted by Gasteiger charge is -2.42. The summed E-state index contributed by atoms with van der Waals surface area (Å²) in [5, 5.41) is 0. The molecule has 1 rings (SSSR count). The minimum absolute atomic E-state index is 0.0955. The van der Waals surface area contributed by atoms with Crippen molar-refractivity contribution in [2.24, 2.45) is 5.92 Å². The topological polar surface area (TPSA) is 46.4 Å². The highest BCUT2D eigenvalue weighted by Gasteiger charge is 2.36. The average molecular weight is 442 g/mol. The summed E-state index contributed by atoms with van der Waals surface area (Å²) < 4.78 is 15.0. The lowest BCUT2D eigenvalue weighted by molar-refractivity contribution is -0.134. The van der Waals surface area contributed by atoms with Gasteiger partial charge in [-0.05, 0) is 47.0 Å². The van der Waals surface area contributed by atoms with E-state index in [-0.39, 0.29) is 6.10 Å². The zero-order chi connectivity index (χ0) is 22.5. The van der Waals surface area contributed by atoms with Gasteiger partial charge in [-0.3, -0.25) is 4.79 Å². The molecule has 0 saturated carbocycles. The molecule has 30 heavy (non-hydrogen) atoms. The number of hydrogen-bond acceptors (Lipinski definition) is 4. The number of likely N-dealkylation sites (tertiary alicyclic amines) is 1. The van der Waals surface area contributed by atoms with Crippen LogP contribution in [0.2, 0.25) is 0 Å². The van der Waals surface area contributed by atoms with Gasteiger partial charge in [-0.1, -0.05) is 33.1 Å². The van der Waals surface area contributed by atoms with Crippen molar-refractivity contribution in [2.75, 3.05) is 26.2 Å². The number of nitrogens with zero attached hydrogens (tertiary/aromatic N) is 3. The van der Waals surface area contributed by atoms with E-state index >= 15 is 0 Å². The quantitative estimate of drug-likeness (QED) is 0.192. The van der Waals surface area contributed by atoms with Crippen LogP contribution in [0.5, 0.6) is 0 Å². The highest BCUT2D eigenvalue weighted by Crippen LogP contribution is 2.49. The largest absolute Gasteiger partial charge is 0.342 e. The third-order valence-electron chi connectivity index (χ3n) is 5.66. The number of carbonyl (C=O) groups is 1.